The first-order valence-corrected chi connectivity index (χ1v) is 6.99. The van der Waals surface area contributed by atoms with Crippen LogP contribution < -0.4 is 5.32 Å². The molecule has 1 aliphatic rings. The molecule has 0 bridgehead atoms. The van der Waals surface area contributed by atoms with Crippen molar-refractivity contribution in [2.45, 2.75) is 32.7 Å². The van der Waals surface area contributed by atoms with Crippen LogP contribution in [-0.2, 0) is 0 Å². The average Bonchev–Trinajstić information content (AvgIpc) is 3.20. The van der Waals surface area contributed by atoms with E-state index in [9.17, 15) is 0 Å². The highest BCUT2D eigenvalue weighted by Gasteiger charge is 2.19. The van der Waals surface area contributed by atoms with E-state index < -0.39 is 0 Å². The van der Waals surface area contributed by atoms with Crippen LogP contribution in [0.4, 0.5) is 0 Å². The number of fused-ring (bicyclic) bond motifs is 1. The summed E-state index contributed by atoms with van der Waals surface area (Å²) in [6.45, 7) is 5.24. The molecule has 1 aliphatic carbocycles. The molecule has 1 aromatic carbocycles. The Labute approximate surface area is 114 Å². The number of hydrogen-bond acceptors (Lipinski definition) is 2. The Balaban J connectivity index is 1.91. The van der Waals surface area contributed by atoms with Gasteiger partial charge in [0.05, 0.1) is 5.52 Å². The molecule has 0 spiro atoms. The third-order valence-electron chi connectivity index (χ3n) is 3.53. The number of pyridine rings is 1. The van der Waals surface area contributed by atoms with Gasteiger partial charge in [-0.25, -0.2) is 0 Å². The molecule has 1 aromatic heterocycles. The molecule has 0 aliphatic heterocycles. The minimum absolute atomic E-state index is 0.763. The molecule has 0 atom stereocenters. The second-order valence-electron chi connectivity index (χ2n) is 5.52. The minimum atomic E-state index is 0.763. The SMILES string of the molecule is CC(=Cc1cc(C)nc2ccccc12)CNC1CC1. The molecule has 0 saturated heterocycles. The first kappa shape index (κ1) is 12.4. The van der Waals surface area contributed by atoms with Crippen LogP contribution in [0.25, 0.3) is 17.0 Å². The normalized spacial score (nSPS) is 16.0. The van der Waals surface area contributed by atoms with Crippen LogP contribution in [0, 0.1) is 6.92 Å². The second kappa shape index (κ2) is 5.14. The molecular weight excluding hydrogens is 232 g/mol. The van der Waals surface area contributed by atoms with Crippen molar-refractivity contribution in [3.8, 4) is 0 Å². The smallest absolute Gasteiger partial charge is 0.0711 e. The molecule has 98 valence electrons. The van der Waals surface area contributed by atoms with Crippen molar-refractivity contribution in [3.63, 3.8) is 0 Å². The van der Waals surface area contributed by atoms with Gasteiger partial charge in [-0.3, -0.25) is 4.98 Å². The van der Waals surface area contributed by atoms with Gasteiger partial charge in [0.25, 0.3) is 0 Å². The monoisotopic (exact) mass is 252 g/mol. The van der Waals surface area contributed by atoms with Crippen molar-refractivity contribution < 1.29 is 0 Å². The van der Waals surface area contributed by atoms with Crippen LogP contribution in [0.2, 0.25) is 0 Å². The van der Waals surface area contributed by atoms with E-state index >= 15 is 0 Å². The van der Waals surface area contributed by atoms with Gasteiger partial charge < -0.3 is 5.32 Å². The molecule has 2 aromatic rings. The van der Waals surface area contributed by atoms with Crippen LogP contribution in [0.3, 0.4) is 0 Å². The topological polar surface area (TPSA) is 24.9 Å². The Morgan fingerprint density at radius 1 is 1.37 bits per heavy atom. The number of para-hydroxylation sites is 1. The van der Waals surface area contributed by atoms with Crippen LogP contribution in [0.5, 0.6) is 0 Å². The maximum atomic E-state index is 4.58. The average molecular weight is 252 g/mol. The van der Waals surface area contributed by atoms with Crippen molar-refractivity contribution in [2.75, 3.05) is 6.54 Å². The quantitative estimate of drug-likeness (QED) is 0.897. The minimum Gasteiger partial charge on any atom is -0.310 e. The van der Waals surface area contributed by atoms with Crippen molar-refractivity contribution in [1.82, 2.24) is 10.3 Å². The van der Waals surface area contributed by atoms with Crippen LogP contribution in [0.15, 0.2) is 35.9 Å². The standard InChI is InChI=1S/C17H20N2/c1-12(11-18-15-7-8-15)9-14-10-13(2)19-17-6-4-3-5-16(14)17/h3-6,9-10,15,18H,7-8,11H2,1-2H3. The molecule has 3 rings (SSSR count). The number of aryl methyl sites for hydroxylation is 1. The lowest BCUT2D eigenvalue weighted by atomic mass is 10.1. The fourth-order valence-corrected chi connectivity index (χ4v) is 2.37. The summed E-state index contributed by atoms with van der Waals surface area (Å²) >= 11 is 0. The fraction of sp³-hybridized carbons (Fsp3) is 0.353. The van der Waals surface area contributed by atoms with Gasteiger partial charge in [-0.1, -0.05) is 29.8 Å². The maximum absolute atomic E-state index is 4.58. The molecule has 0 radical (unpaired) electrons. The van der Waals surface area contributed by atoms with E-state index in [4.69, 9.17) is 0 Å². The van der Waals surface area contributed by atoms with Crippen molar-refractivity contribution >= 4 is 17.0 Å². The highest BCUT2D eigenvalue weighted by molar-refractivity contribution is 5.88. The number of nitrogens with one attached hydrogen (secondary N) is 1. The summed E-state index contributed by atoms with van der Waals surface area (Å²) in [5.74, 6) is 0. The summed E-state index contributed by atoms with van der Waals surface area (Å²) in [5.41, 5.74) is 4.81. The summed E-state index contributed by atoms with van der Waals surface area (Å²) in [4.78, 5) is 4.58. The van der Waals surface area contributed by atoms with Gasteiger partial charge in [0.1, 0.15) is 0 Å². The van der Waals surface area contributed by atoms with Crippen molar-refractivity contribution in [3.05, 3.63) is 47.2 Å². The van der Waals surface area contributed by atoms with Gasteiger partial charge in [0.15, 0.2) is 0 Å². The maximum Gasteiger partial charge on any atom is 0.0711 e. The third kappa shape index (κ3) is 3.02. The summed E-state index contributed by atoms with van der Waals surface area (Å²) < 4.78 is 0. The Hall–Kier alpha value is -1.67. The Morgan fingerprint density at radius 2 is 2.16 bits per heavy atom. The molecule has 0 amide bonds. The summed E-state index contributed by atoms with van der Waals surface area (Å²) in [5, 5.41) is 4.79. The zero-order chi connectivity index (χ0) is 13.2. The van der Waals surface area contributed by atoms with Gasteiger partial charge in [-0.15, -0.1) is 0 Å². The molecule has 0 unspecified atom stereocenters. The molecule has 1 heterocycles. The fourth-order valence-electron chi connectivity index (χ4n) is 2.37. The predicted molar refractivity (Wildman–Crippen MR) is 81.2 cm³/mol. The molecule has 19 heavy (non-hydrogen) atoms. The zero-order valence-electron chi connectivity index (χ0n) is 11.6. The molecule has 2 heteroatoms. The van der Waals surface area contributed by atoms with E-state index in [1.165, 1.54) is 29.4 Å². The number of aromatic nitrogens is 1. The number of hydrogen-bond donors (Lipinski definition) is 1. The first-order valence-electron chi connectivity index (χ1n) is 6.99. The highest BCUT2D eigenvalue weighted by Crippen LogP contribution is 2.22. The van der Waals surface area contributed by atoms with Crippen molar-refractivity contribution in [2.24, 2.45) is 0 Å². The predicted octanol–water partition coefficient (Wildman–Crippen LogP) is 3.70. The Bertz CT molecular complexity index is 624. The second-order valence-corrected chi connectivity index (χ2v) is 5.52. The van der Waals surface area contributed by atoms with Crippen LogP contribution >= 0.6 is 0 Å². The lowest BCUT2D eigenvalue weighted by Crippen LogP contribution is -2.18. The molecule has 1 fully saturated rings. The Kier molecular flexibility index (Phi) is 3.34. The van der Waals surface area contributed by atoms with E-state index in [2.05, 4.69) is 54.5 Å². The van der Waals surface area contributed by atoms with Crippen molar-refractivity contribution in [1.29, 1.82) is 0 Å². The van der Waals surface area contributed by atoms with E-state index in [0.717, 1.165) is 23.8 Å². The lowest BCUT2D eigenvalue weighted by Gasteiger charge is -2.07. The summed E-state index contributed by atoms with van der Waals surface area (Å²) in [6, 6.07) is 11.3. The zero-order valence-corrected chi connectivity index (χ0v) is 11.6. The van der Waals surface area contributed by atoms with E-state index in [0.29, 0.717) is 0 Å². The van der Waals surface area contributed by atoms with Gasteiger partial charge >= 0.3 is 0 Å². The Morgan fingerprint density at radius 3 is 2.95 bits per heavy atom. The van der Waals surface area contributed by atoms with E-state index in [1.807, 2.05) is 6.07 Å². The van der Waals surface area contributed by atoms with Gasteiger partial charge in [0.2, 0.25) is 0 Å². The van der Waals surface area contributed by atoms with Gasteiger partial charge in [-0.05, 0) is 44.4 Å². The molecule has 1 saturated carbocycles. The number of benzene rings is 1. The molecular formula is C17H20N2. The molecule has 1 N–H and O–H groups in total. The van der Waals surface area contributed by atoms with Gasteiger partial charge in [-0.2, -0.15) is 0 Å². The lowest BCUT2D eigenvalue weighted by molar-refractivity contribution is 0.736. The molecule has 2 nitrogen and oxygen atoms in total. The third-order valence-corrected chi connectivity index (χ3v) is 3.53. The summed E-state index contributed by atoms with van der Waals surface area (Å²) in [7, 11) is 0. The summed E-state index contributed by atoms with van der Waals surface area (Å²) in [6.07, 6.45) is 4.96. The van der Waals surface area contributed by atoms with Gasteiger partial charge in [0, 0.05) is 23.7 Å². The number of rotatable bonds is 4. The number of nitrogens with zero attached hydrogens (tertiary/aromatic N) is 1. The highest BCUT2D eigenvalue weighted by atomic mass is 14.9. The van der Waals surface area contributed by atoms with E-state index in [1.54, 1.807) is 0 Å². The van der Waals surface area contributed by atoms with E-state index in [-0.39, 0.29) is 0 Å². The van der Waals surface area contributed by atoms with Crippen LogP contribution in [0.1, 0.15) is 31.0 Å². The van der Waals surface area contributed by atoms with Crippen LogP contribution in [-0.4, -0.2) is 17.6 Å². The first-order chi connectivity index (χ1) is 9.22. The largest absolute Gasteiger partial charge is 0.310 e.